The van der Waals surface area contributed by atoms with Crippen molar-refractivity contribution in [3.8, 4) is 22.6 Å². The van der Waals surface area contributed by atoms with Crippen LogP contribution in [0.4, 0.5) is 17.3 Å². The minimum absolute atomic E-state index is 0.892. The van der Waals surface area contributed by atoms with Crippen molar-refractivity contribution >= 4 is 23.2 Å². The monoisotopic (exact) mass is 429 g/mol. The van der Waals surface area contributed by atoms with Crippen LogP contribution in [0.15, 0.2) is 57.4 Å². The molecular formula is C18H17BBrF4NO. The molecule has 0 bridgehead atoms. The Balaban J connectivity index is 0.000000431. The summed E-state index contributed by atoms with van der Waals surface area (Å²) < 4.78 is 48.3. The first-order valence-electron chi connectivity index (χ1n) is 7.72. The number of aryl methyl sites for hydroxylation is 1. The fraction of sp³-hybridized carbons (Fsp3) is 0.167. The van der Waals surface area contributed by atoms with Crippen molar-refractivity contribution in [1.82, 2.24) is 4.58 Å². The molecule has 2 nitrogen and oxygen atoms in total. The number of halogens is 5. The largest absolute Gasteiger partial charge is 0.673 e. The maximum absolute atomic E-state index is 9.75. The Morgan fingerprint density at radius 3 is 2.00 bits per heavy atom. The summed E-state index contributed by atoms with van der Waals surface area (Å²) in [5.41, 5.74) is 3.46. The highest BCUT2D eigenvalue weighted by molar-refractivity contribution is 9.10. The van der Waals surface area contributed by atoms with Gasteiger partial charge in [0.05, 0.1) is 6.07 Å². The predicted octanol–water partition coefficient (Wildman–Crippen LogP) is 5.45. The molecule has 0 fully saturated rings. The average Bonchev–Trinajstić information content (AvgIpc) is 2.53. The molecule has 1 aliphatic heterocycles. The molecule has 1 aromatic carbocycles. The third kappa shape index (κ3) is 5.73. The Bertz CT molecular complexity index is 925. The van der Waals surface area contributed by atoms with E-state index in [0.29, 0.717) is 0 Å². The van der Waals surface area contributed by atoms with Crippen LogP contribution in [0.2, 0.25) is 0 Å². The summed E-state index contributed by atoms with van der Waals surface area (Å²) in [5.74, 6) is 1.81. The molecular weight excluding hydrogens is 413 g/mol. The summed E-state index contributed by atoms with van der Waals surface area (Å²) in [6.45, 7) is 2.12. The fourth-order valence-corrected chi connectivity index (χ4v) is 2.64. The minimum atomic E-state index is -6.00. The van der Waals surface area contributed by atoms with Crippen molar-refractivity contribution in [2.24, 2.45) is 0 Å². The van der Waals surface area contributed by atoms with Crippen LogP contribution in [0.5, 0.6) is 0 Å². The van der Waals surface area contributed by atoms with E-state index in [4.69, 9.17) is 4.42 Å². The molecule has 3 rings (SSSR count). The van der Waals surface area contributed by atoms with Gasteiger partial charge in [-0.1, -0.05) is 28.1 Å². The zero-order chi connectivity index (χ0) is 19.5. The maximum Gasteiger partial charge on any atom is 0.673 e. The summed E-state index contributed by atoms with van der Waals surface area (Å²) >= 11 is 3.46. The maximum atomic E-state index is 9.75. The summed E-state index contributed by atoms with van der Waals surface area (Å²) in [4.78, 5) is 0. The summed E-state index contributed by atoms with van der Waals surface area (Å²) in [6.07, 6.45) is 0. The van der Waals surface area contributed by atoms with E-state index in [1.165, 1.54) is 5.56 Å². The first-order chi connectivity index (χ1) is 12.0. The van der Waals surface area contributed by atoms with E-state index >= 15 is 0 Å². The lowest BCUT2D eigenvalue weighted by atomic mass is 10.0. The zero-order valence-electron chi connectivity index (χ0n) is 14.4. The van der Waals surface area contributed by atoms with Crippen molar-refractivity contribution in [1.29, 1.82) is 0 Å². The number of rotatable bonds is 1. The van der Waals surface area contributed by atoms with E-state index < -0.39 is 7.25 Å². The van der Waals surface area contributed by atoms with Gasteiger partial charge >= 0.3 is 7.25 Å². The van der Waals surface area contributed by atoms with Crippen LogP contribution in [0.1, 0.15) is 5.56 Å². The molecule has 0 unspecified atom stereocenters. The summed E-state index contributed by atoms with van der Waals surface area (Å²) in [6, 6.07) is 16.6. The highest BCUT2D eigenvalue weighted by atomic mass is 79.9. The van der Waals surface area contributed by atoms with Gasteiger partial charge in [-0.25, -0.2) is 4.58 Å². The Hall–Kier alpha value is -2.09. The Morgan fingerprint density at radius 1 is 0.885 bits per heavy atom. The van der Waals surface area contributed by atoms with Crippen molar-refractivity contribution in [2.45, 2.75) is 6.92 Å². The zero-order valence-corrected chi connectivity index (χ0v) is 16.0. The van der Waals surface area contributed by atoms with Crippen molar-refractivity contribution in [2.75, 3.05) is 14.1 Å². The van der Waals surface area contributed by atoms with Crippen molar-refractivity contribution in [3.63, 3.8) is 0 Å². The van der Waals surface area contributed by atoms with Crippen molar-refractivity contribution in [3.05, 3.63) is 63.9 Å². The molecule has 0 aromatic heterocycles. The first-order valence-corrected chi connectivity index (χ1v) is 8.52. The third-order valence-electron chi connectivity index (χ3n) is 3.60. The standard InChI is InChI=1S/C18H17BrNO.BF4/c1-12-10-17(13-4-6-14(19)7-5-13)21-18-11-15(20(2)3)8-9-16(12)18;2-1(3,4)5/h4-11H,1-3H3;/q+1;-1. The van der Waals surface area contributed by atoms with E-state index in [1.807, 2.05) is 26.2 Å². The SMILES string of the molecule is Cc1cc(-c2ccc(Br)cc2)oc2cc(=[N+](C)C)ccc1-2.F[B-](F)(F)F. The molecule has 0 spiro atoms. The number of hydrogen-bond donors (Lipinski definition) is 0. The lowest BCUT2D eigenvalue weighted by Crippen LogP contribution is -2.21. The number of hydrogen-bond acceptors (Lipinski definition) is 1. The van der Waals surface area contributed by atoms with Crippen LogP contribution in [0.3, 0.4) is 0 Å². The van der Waals surface area contributed by atoms with Crippen LogP contribution in [0.25, 0.3) is 22.6 Å². The quantitative estimate of drug-likeness (QED) is 0.285. The van der Waals surface area contributed by atoms with Gasteiger partial charge < -0.3 is 21.7 Å². The van der Waals surface area contributed by atoms with Gasteiger partial charge in [0.15, 0.2) is 0 Å². The summed E-state index contributed by atoms with van der Waals surface area (Å²) in [7, 11) is -1.93. The molecule has 0 amide bonds. The van der Waals surface area contributed by atoms with Crippen LogP contribution in [0, 0.1) is 6.92 Å². The second-order valence-corrected chi connectivity index (χ2v) is 6.79. The van der Waals surface area contributed by atoms with E-state index in [0.717, 1.165) is 32.5 Å². The van der Waals surface area contributed by atoms with E-state index in [2.05, 4.69) is 63.8 Å². The van der Waals surface area contributed by atoms with Gasteiger partial charge in [0.2, 0.25) is 5.36 Å². The summed E-state index contributed by atoms with van der Waals surface area (Å²) in [5, 5.41) is 1.14. The van der Waals surface area contributed by atoms with Crippen LogP contribution >= 0.6 is 15.9 Å². The van der Waals surface area contributed by atoms with Crippen LogP contribution in [-0.2, 0) is 0 Å². The van der Waals surface area contributed by atoms with Gasteiger partial charge in [0, 0.05) is 21.7 Å². The number of benzene rings is 2. The molecule has 0 saturated heterocycles. The van der Waals surface area contributed by atoms with E-state index in [1.54, 1.807) is 0 Å². The van der Waals surface area contributed by atoms with Gasteiger partial charge in [-0.3, -0.25) is 0 Å². The Labute approximate surface area is 157 Å². The van der Waals surface area contributed by atoms with E-state index in [9.17, 15) is 17.3 Å². The second kappa shape index (κ2) is 8.08. The molecule has 0 N–H and O–H groups in total. The fourth-order valence-electron chi connectivity index (χ4n) is 2.38. The highest BCUT2D eigenvalue weighted by Crippen LogP contribution is 2.31. The molecule has 0 atom stereocenters. The lowest BCUT2D eigenvalue weighted by Gasteiger charge is -2.11. The molecule has 1 aliphatic carbocycles. The topological polar surface area (TPSA) is 16.1 Å². The molecule has 2 aliphatic rings. The van der Waals surface area contributed by atoms with Gasteiger partial charge in [0.1, 0.15) is 25.6 Å². The molecule has 0 saturated carbocycles. The van der Waals surface area contributed by atoms with Crippen LogP contribution in [-0.4, -0.2) is 21.3 Å². The van der Waals surface area contributed by atoms with Gasteiger partial charge in [-0.15, -0.1) is 0 Å². The normalized spacial score (nSPS) is 11.1. The number of nitrogens with zero attached hydrogens (tertiary/aromatic N) is 1. The molecule has 1 aromatic rings. The minimum Gasteiger partial charge on any atom is -0.456 e. The molecule has 8 heteroatoms. The average molecular weight is 430 g/mol. The Kier molecular flexibility index (Phi) is 6.28. The van der Waals surface area contributed by atoms with E-state index in [-0.39, 0.29) is 0 Å². The molecule has 0 radical (unpaired) electrons. The van der Waals surface area contributed by atoms with Crippen molar-refractivity contribution < 1.29 is 21.7 Å². The lowest BCUT2D eigenvalue weighted by molar-refractivity contribution is 0.368. The van der Waals surface area contributed by atoms with Crippen LogP contribution < -0.4 is 9.93 Å². The Morgan fingerprint density at radius 2 is 1.46 bits per heavy atom. The van der Waals surface area contributed by atoms with Gasteiger partial charge in [-0.05, 0) is 36.8 Å². The molecule has 138 valence electrons. The van der Waals surface area contributed by atoms with Gasteiger partial charge in [0.25, 0.3) is 0 Å². The van der Waals surface area contributed by atoms with Gasteiger partial charge in [-0.2, -0.15) is 0 Å². The smallest absolute Gasteiger partial charge is 0.456 e. The molecule has 26 heavy (non-hydrogen) atoms. The second-order valence-electron chi connectivity index (χ2n) is 5.87. The third-order valence-corrected chi connectivity index (χ3v) is 4.13. The molecule has 1 heterocycles. The first kappa shape index (κ1) is 20.2. The highest BCUT2D eigenvalue weighted by Gasteiger charge is 2.20. The predicted molar refractivity (Wildman–Crippen MR) is 101 cm³/mol. The number of fused-ring (bicyclic) bond motifs is 1.